The molecule has 19 heavy (non-hydrogen) atoms. The molecule has 1 amide bonds. The van der Waals surface area contributed by atoms with Crippen molar-refractivity contribution < 1.29 is 13.6 Å². The van der Waals surface area contributed by atoms with Crippen LogP contribution in [-0.4, -0.2) is 45.9 Å². The van der Waals surface area contributed by atoms with E-state index in [1.165, 1.54) is 10.7 Å². The van der Waals surface area contributed by atoms with Crippen molar-refractivity contribution in [3.8, 4) is 0 Å². The Morgan fingerprint density at radius 2 is 2.05 bits per heavy atom. The minimum atomic E-state index is -1.61. The number of aromatic nitrogens is 2. The highest BCUT2D eigenvalue weighted by molar-refractivity contribution is 6.01. The van der Waals surface area contributed by atoms with Crippen molar-refractivity contribution in [3.63, 3.8) is 0 Å². The summed E-state index contributed by atoms with van der Waals surface area (Å²) in [6.07, 6.45) is -0.219. The predicted octanol–water partition coefficient (Wildman–Crippen LogP) is 1.05. The Labute approximate surface area is 107 Å². The van der Waals surface area contributed by atoms with Crippen LogP contribution >= 0.6 is 0 Å². The summed E-state index contributed by atoms with van der Waals surface area (Å²) in [5.74, 6) is -0.427. The molecule has 1 aliphatic rings. The smallest absolute Gasteiger partial charge is 0.257 e. The lowest BCUT2D eigenvalue weighted by Crippen LogP contribution is -2.29. The lowest BCUT2D eigenvalue weighted by atomic mass is 10.2. The maximum absolute atomic E-state index is 13.1. The van der Waals surface area contributed by atoms with Crippen molar-refractivity contribution in [2.75, 3.05) is 18.8 Å². The summed E-state index contributed by atoms with van der Waals surface area (Å²) in [5.41, 5.74) is 6.99. The van der Waals surface area contributed by atoms with E-state index in [-0.39, 0.29) is 13.1 Å². The van der Waals surface area contributed by atoms with Gasteiger partial charge in [-0.3, -0.25) is 4.79 Å². The highest BCUT2D eigenvalue weighted by atomic mass is 19.2. The molecule has 2 N–H and O–H groups in total. The van der Waals surface area contributed by atoms with E-state index in [4.69, 9.17) is 5.73 Å². The van der Waals surface area contributed by atoms with Crippen molar-refractivity contribution in [2.45, 2.75) is 12.3 Å². The number of amides is 1. The van der Waals surface area contributed by atoms with Gasteiger partial charge in [0, 0.05) is 11.9 Å². The van der Waals surface area contributed by atoms with Crippen LogP contribution in [0.3, 0.4) is 0 Å². The normalized spacial score (nSPS) is 23.2. The third-order valence-corrected chi connectivity index (χ3v) is 3.25. The van der Waals surface area contributed by atoms with Gasteiger partial charge in [-0.2, -0.15) is 5.10 Å². The van der Waals surface area contributed by atoms with Gasteiger partial charge in [-0.05, 0) is 12.1 Å². The Bertz CT molecular complexity index is 632. The van der Waals surface area contributed by atoms with Gasteiger partial charge >= 0.3 is 0 Å². The number of pyridine rings is 1. The van der Waals surface area contributed by atoms with Gasteiger partial charge < -0.3 is 10.6 Å². The molecule has 100 valence electrons. The molecule has 0 aliphatic carbocycles. The number of anilines is 1. The Kier molecular flexibility index (Phi) is 2.62. The van der Waals surface area contributed by atoms with Crippen molar-refractivity contribution in [1.82, 2.24) is 14.5 Å². The zero-order chi connectivity index (χ0) is 13.6. The summed E-state index contributed by atoms with van der Waals surface area (Å²) in [4.78, 5) is 13.4. The number of carbonyl (C=O) groups is 1. The van der Waals surface area contributed by atoms with E-state index >= 15 is 0 Å². The fourth-order valence-electron chi connectivity index (χ4n) is 2.22. The van der Waals surface area contributed by atoms with Crippen LogP contribution < -0.4 is 5.73 Å². The van der Waals surface area contributed by atoms with E-state index in [1.54, 1.807) is 18.3 Å². The third kappa shape index (κ3) is 1.91. The second-order valence-electron chi connectivity index (χ2n) is 4.59. The number of rotatable bonds is 1. The predicted molar refractivity (Wildman–Crippen MR) is 65.3 cm³/mol. The van der Waals surface area contributed by atoms with E-state index in [9.17, 15) is 13.6 Å². The van der Waals surface area contributed by atoms with Gasteiger partial charge in [0.2, 0.25) is 0 Å². The lowest BCUT2D eigenvalue weighted by Gasteiger charge is -2.13. The molecule has 2 aromatic heterocycles. The largest absolute Gasteiger partial charge is 0.399 e. The number of nitrogen functional groups attached to an aromatic ring is 1. The molecule has 0 aromatic carbocycles. The quantitative estimate of drug-likeness (QED) is 0.839. The molecule has 3 rings (SSSR count). The first kappa shape index (κ1) is 11.9. The first-order chi connectivity index (χ1) is 9.06. The topological polar surface area (TPSA) is 63.6 Å². The number of likely N-dealkylation sites (tertiary alicyclic amines) is 1. The standard InChI is InChI=1S/C12H12F2N4O/c13-9-5-17(6-10(9)14)12(19)8-4-16-18-2-1-7(15)3-11(8)18/h1-4,9-10H,5-6,15H2/t9-,10+. The number of fused-ring (bicyclic) bond motifs is 1. The zero-order valence-electron chi connectivity index (χ0n) is 9.96. The van der Waals surface area contributed by atoms with E-state index in [1.807, 2.05) is 0 Å². The van der Waals surface area contributed by atoms with Crippen molar-refractivity contribution >= 4 is 17.1 Å². The molecular weight excluding hydrogens is 254 g/mol. The molecule has 0 bridgehead atoms. The summed E-state index contributed by atoms with van der Waals surface area (Å²) >= 11 is 0. The minimum absolute atomic E-state index is 0.223. The van der Waals surface area contributed by atoms with Gasteiger partial charge in [-0.1, -0.05) is 0 Å². The highest BCUT2D eigenvalue weighted by Gasteiger charge is 2.36. The summed E-state index contributed by atoms with van der Waals surface area (Å²) in [6, 6.07) is 3.26. The van der Waals surface area contributed by atoms with Gasteiger partial charge in [-0.15, -0.1) is 0 Å². The summed E-state index contributed by atoms with van der Waals surface area (Å²) < 4.78 is 27.8. The van der Waals surface area contributed by atoms with Crippen LogP contribution in [-0.2, 0) is 0 Å². The molecule has 2 aromatic rings. The minimum Gasteiger partial charge on any atom is -0.399 e. The Morgan fingerprint density at radius 3 is 2.74 bits per heavy atom. The number of halogens is 2. The van der Waals surface area contributed by atoms with Crippen LogP contribution in [0.5, 0.6) is 0 Å². The number of nitrogens with zero attached hydrogens (tertiary/aromatic N) is 3. The average Bonchev–Trinajstić information content (AvgIpc) is 2.93. The van der Waals surface area contributed by atoms with Crippen LogP contribution in [0.1, 0.15) is 10.4 Å². The molecule has 7 heteroatoms. The molecular formula is C12H12F2N4O. The van der Waals surface area contributed by atoms with Crippen molar-refractivity contribution in [1.29, 1.82) is 0 Å². The van der Waals surface area contributed by atoms with Crippen LogP contribution in [0, 0.1) is 0 Å². The van der Waals surface area contributed by atoms with Crippen LogP contribution in [0.4, 0.5) is 14.5 Å². The number of hydrogen-bond donors (Lipinski definition) is 1. The van der Waals surface area contributed by atoms with Gasteiger partial charge in [0.25, 0.3) is 5.91 Å². The first-order valence-corrected chi connectivity index (χ1v) is 5.86. The van der Waals surface area contributed by atoms with Crippen LogP contribution in [0.2, 0.25) is 0 Å². The summed E-state index contributed by atoms with van der Waals surface area (Å²) in [5, 5.41) is 4.02. The maximum Gasteiger partial charge on any atom is 0.257 e. The number of hydrogen-bond acceptors (Lipinski definition) is 3. The zero-order valence-corrected chi connectivity index (χ0v) is 9.96. The van der Waals surface area contributed by atoms with Crippen molar-refractivity contribution in [2.24, 2.45) is 0 Å². The maximum atomic E-state index is 13.1. The average molecular weight is 266 g/mol. The third-order valence-electron chi connectivity index (χ3n) is 3.25. The molecule has 5 nitrogen and oxygen atoms in total. The Balaban J connectivity index is 1.96. The fourth-order valence-corrected chi connectivity index (χ4v) is 2.22. The van der Waals surface area contributed by atoms with E-state index in [2.05, 4.69) is 5.10 Å². The molecule has 1 saturated heterocycles. The molecule has 0 saturated carbocycles. The van der Waals surface area contributed by atoms with Gasteiger partial charge in [0.15, 0.2) is 12.3 Å². The number of carbonyl (C=O) groups excluding carboxylic acids is 1. The molecule has 3 heterocycles. The lowest BCUT2D eigenvalue weighted by molar-refractivity contribution is 0.0780. The SMILES string of the molecule is Nc1ccn2ncc(C(=O)N3C[C@@H](F)[C@@H](F)C3)c2c1. The Morgan fingerprint density at radius 1 is 1.37 bits per heavy atom. The van der Waals surface area contributed by atoms with E-state index < -0.39 is 18.3 Å². The second-order valence-corrected chi connectivity index (χ2v) is 4.59. The molecule has 0 radical (unpaired) electrons. The first-order valence-electron chi connectivity index (χ1n) is 5.86. The molecule has 2 atom stereocenters. The monoisotopic (exact) mass is 266 g/mol. The van der Waals surface area contributed by atoms with Crippen LogP contribution in [0.25, 0.3) is 5.52 Å². The molecule has 0 spiro atoms. The van der Waals surface area contributed by atoms with E-state index in [0.717, 1.165) is 4.90 Å². The molecule has 1 aliphatic heterocycles. The van der Waals surface area contributed by atoms with Gasteiger partial charge in [0.1, 0.15) is 0 Å². The molecule has 0 unspecified atom stereocenters. The number of nitrogens with two attached hydrogens (primary N) is 1. The fraction of sp³-hybridized carbons (Fsp3) is 0.333. The van der Waals surface area contributed by atoms with Gasteiger partial charge in [-0.25, -0.2) is 13.3 Å². The van der Waals surface area contributed by atoms with Crippen molar-refractivity contribution in [3.05, 3.63) is 30.1 Å². The summed E-state index contributed by atoms with van der Waals surface area (Å²) in [7, 11) is 0. The number of alkyl halides is 2. The molecule has 1 fully saturated rings. The second kappa shape index (κ2) is 4.18. The summed E-state index contributed by atoms with van der Waals surface area (Å²) in [6.45, 7) is -0.445. The van der Waals surface area contributed by atoms with Gasteiger partial charge in [0.05, 0.1) is 30.4 Å². The highest BCUT2D eigenvalue weighted by Crippen LogP contribution is 2.21. The Hall–Kier alpha value is -2.18. The van der Waals surface area contributed by atoms with E-state index in [0.29, 0.717) is 16.8 Å². The van der Waals surface area contributed by atoms with Crippen LogP contribution in [0.15, 0.2) is 24.5 Å².